The molecule has 1 aromatic rings. The maximum absolute atomic E-state index is 12.1. The third-order valence-corrected chi connectivity index (χ3v) is 1.39. The summed E-state index contributed by atoms with van der Waals surface area (Å²) >= 11 is 0. The minimum atomic E-state index is -2.48. The van der Waals surface area contributed by atoms with Crippen LogP contribution >= 0.6 is 0 Å². The molecule has 11 heavy (non-hydrogen) atoms. The van der Waals surface area contributed by atoms with Crippen molar-refractivity contribution in [3.63, 3.8) is 0 Å². The first kappa shape index (κ1) is 8.11. The van der Waals surface area contributed by atoms with Crippen LogP contribution < -0.4 is 0 Å². The van der Waals surface area contributed by atoms with E-state index in [-0.39, 0.29) is 5.69 Å². The summed E-state index contributed by atoms with van der Waals surface area (Å²) in [4.78, 5) is 3.57. The van der Waals surface area contributed by atoms with Gasteiger partial charge in [-0.05, 0) is 18.1 Å². The second-order valence-corrected chi connectivity index (χ2v) is 2.07. The van der Waals surface area contributed by atoms with E-state index < -0.39 is 6.43 Å². The van der Waals surface area contributed by atoms with Gasteiger partial charge in [-0.2, -0.15) is 0 Å². The molecular formula is C8H8F2N. The standard InChI is InChI=1S/C8H8F2N/c1-2-6-4-3-5-11-7(6)8(9)10/h2-5,8H,1H3. The number of alkyl halides is 2. The maximum atomic E-state index is 12.1. The van der Waals surface area contributed by atoms with Gasteiger partial charge in [-0.25, -0.2) is 8.78 Å². The maximum Gasteiger partial charge on any atom is 0.280 e. The Hall–Kier alpha value is -0.990. The molecule has 0 bridgehead atoms. The summed E-state index contributed by atoms with van der Waals surface area (Å²) < 4.78 is 24.3. The lowest BCUT2D eigenvalue weighted by Gasteiger charge is -2.02. The fourth-order valence-electron chi connectivity index (χ4n) is 0.856. The van der Waals surface area contributed by atoms with Gasteiger partial charge in [0, 0.05) is 6.20 Å². The number of aromatic nitrogens is 1. The molecule has 0 aliphatic heterocycles. The van der Waals surface area contributed by atoms with E-state index in [1.165, 1.54) is 6.20 Å². The third-order valence-electron chi connectivity index (χ3n) is 1.39. The van der Waals surface area contributed by atoms with E-state index in [0.29, 0.717) is 5.56 Å². The van der Waals surface area contributed by atoms with Crippen LogP contribution in [0.3, 0.4) is 0 Å². The van der Waals surface area contributed by atoms with Crippen molar-refractivity contribution in [2.24, 2.45) is 0 Å². The van der Waals surface area contributed by atoms with Crippen LogP contribution in [0.5, 0.6) is 0 Å². The van der Waals surface area contributed by atoms with Gasteiger partial charge in [0.05, 0.1) is 0 Å². The first-order chi connectivity index (χ1) is 5.25. The molecule has 0 aliphatic rings. The zero-order valence-electron chi connectivity index (χ0n) is 6.09. The zero-order chi connectivity index (χ0) is 8.27. The Morgan fingerprint density at radius 3 is 2.73 bits per heavy atom. The molecule has 0 aliphatic carbocycles. The Kier molecular flexibility index (Phi) is 2.52. The van der Waals surface area contributed by atoms with Gasteiger partial charge in [0.25, 0.3) is 6.43 Å². The monoisotopic (exact) mass is 156 g/mol. The molecule has 0 spiro atoms. The van der Waals surface area contributed by atoms with Crippen molar-refractivity contribution in [2.75, 3.05) is 0 Å². The van der Waals surface area contributed by atoms with Gasteiger partial charge in [0.1, 0.15) is 5.69 Å². The average molecular weight is 156 g/mol. The summed E-state index contributed by atoms with van der Waals surface area (Å²) in [7, 11) is 0. The SMILES string of the molecule is C[CH]c1cccnc1C(F)F. The molecule has 0 N–H and O–H groups in total. The molecule has 1 nitrogen and oxygen atoms in total. The van der Waals surface area contributed by atoms with Crippen molar-refractivity contribution < 1.29 is 8.78 Å². The number of rotatable bonds is 2. The van der Waals surface area contributed by atoms with E-state index in [4.69, 9.17) is 0 Å². The quantitative estimate of drug-likeness (QED) is 0.641. The van der Waals surface area contributed by atoms with Gasteiger partial charge >= 0.3 is 0 Å². The summed E-state index contributed by atoms with van der Waals surface area (Å²) in [6, 6.07) is 3.26. The molecule has 0 saturated carbocycles. The molecule has 0 aromatic carbocycles. The second-order valence-electron chi connectivity index (χ2n) is 2.07. The highest BCUT2D eigenvalue weighted by atomic mass is 19.3. The van der Waals surface area contributed by atoms with Crippen molar-refractivity contribution in [3.05, 3.63) is 36.0 Å². The minimum Gasteiger partial charge on any atom is -0.255 e. The van der Waals surface area contributed by atoms with Crippen molar-refractivity contribution >= 4 is 0 Å². The van der Waals surface area contributed by atoms with Crippen molar-refractivity contribution in [3.8, 4) is 0 Å². The molecule has 0 unspecified atom stereocenters. The Balaban J connectivity index is 3.02. The molecule has 1 radical (unpaired) electrons. The van der Waals surface area contributed by atoms with Crippen LogP contribution in [-0.2, 0) is 0 Å². The Morgan fingerprint density at radius 1 is 1.55 bits per heavy atom. The number of hydrogen-bond donors (Lipinski definition) is 0. The van der Waals surface area contributed by atoms with Crippen LogP contribution in [0.25, 0.3) is 0 Å². The second kappa shape index (κ2) is 3.42. The topological polar surface area (TPSA) is 12.9 Å². The Morgan fingerprint density at radius 2 is 2.27 bits per heavy atom. The van der Waals surface area contributed by atoms with E-state index in [0.717, 1.165) is 0 Å². The molecule has 0 atom stereocenters. The summed E-state index contributed by atoms with van der Waals surface area (Å²) in [6.45, 7) is 1.71. The zero-order valence-corrected chi connectivity index (χ0v) is 6.09. The van der Waals surface area contributed by atoms with Gasteiger partial charge in [-0.3, -0.25) is 4.98 Å². The molecular weight excluding hydrogens is 148 g/mol. The Bertz CT molecular complexity index is 235. The summed E-state index contributed by atoms with van der Waals surface area (Å²) in [5, 5.41) is 0. The van der Waals surface area contributed by atoms with Gasteiger partial charge < -0.3 is 0 Å². The van der Waals surface area contributed by atoms with Crippen LogP contribution in [-0.4, -0.2) is 4.98 Å². The first-order valence-corrected chi connectivity index (χ1v) is 3.28. The lowest BCUT2D eigenvalue weighted by atomic mass is 10.1. The van der Waals surface area contributed by atoms with Gasteiger partial charge in [-0.15, -0.1) is 0 Å². The molecule has 1 aromatic heterocycles. The number of hydrogen-bond acceptors (Lipinski definition) is 1. The van der Waals surface area contributed by atoms with E-state index >= 15 is 0 Å². The number of pyridine rings is 1. The molecule has 3 heteroatoms. The highest BCUT2D eigenvalue weighted by Crippen LogP contribution is 2.20. The fourth-order valence-corrected chi connectivity index (χ4v) is 0.856. The van der Waals surface area contributed by atoms with Gasteiger partial charge in [-0.1, -0.05) is 13.0 Å². The van der Waals surface area contributed by atoms with Gasteiger partial charge in [0.15, 0.2) is 0 Å². The van der Waals surface area contributed by atoms with Crippen molar-refractivity contribution in [1.82, 2.24) is 4.98 Å². The average Bonchev–Trinajstić information content (AvgIpc) is 2.04. The first-order valence-electron chi connectivity index (χ1n) is 3.28. The van der Waals surface area contributed by atoms with E-state index in [1.54, 1.807) is 25.5 Å². The van der Waals surface area contributed by atoms with Gasteiger partial charge in [0.2, 0.25) is 0 Å². The molecule has 0 saturated heterocycles. The van der Waals surface area contributed by atoms with Crippen LogP contribution in [0.2, 0.25) is 0 Å². The lowest BCUT2D eigenvalue weighted by Crippen LogP contribution is -1.94. The summed E-state index contributed by atoms with van der Waals surface area (Å²) in [5.74, 6) is 0. The minimum absolute atomic E-state index is 0.144. The molecule has 0 fully saturated rings. The normalized spacial score (nSPS) is 10.5. The van der Waals surface area contributed by atoms with Crippen LogP contribution in [0.4, 0.5) is 8.78 Å². The highest BCUT2D eigenvalue weighted by Gasteiger charge is 2.11. The van der Waals surface area contributed by atoms with Crippen molar-refractivity contribution in [2.45, 2.75) is 13.3 Å². The predicted molar refractivity (Wildman–Crippen MR) is 38.3 cm³/mol. The highest BCUT2D eigenvalue weighted by molar-refractivity contribution is 5.26. The van der Waals surface area contributed by atoms with Crippen molar-refractivity contribution in [1.29, 1.82) is 0 Å². The number of halogens is 2. The summed E-state index contributed by atoms with van der Waals surface area (Å²) in [6.07, 6.45) is 0.505. The molecule has 59 valence electrons. The largest absolute Gasteiger partial charge is 0.280 e. The van der Waals surface area contributed by atoms with E-state index in [2.05, 4.69) is 4.98 Å². The van der Waals surface area contributed by atoms with Crippen LogP contribution in [0.15, 0.2) is 18.3 Å². The summed E-state index contributed by atoms with van der Waals surface area (Å²) in [5.41, 5.74) is 0.359. The molecule has 0 amide bonds. The third kappa shape index (κ3) is 1.73. The lowest BCUT2D eigenvalue weighted by molar-refractivity contribution is 0.145. The Labute approximate surface area is 64.1 Å². The fraction of sp³-hybridized carbons (Fsp3) is 0.250. The van der Waals surface area contributed by atoms with E-state index in [1.807, 2.05) is 0 Å². The van der Waals surface area contributed by atoms with E-state index in [9.17, 15) is 8.78 Å². The van der Waals surface area contributed by atoms with Crippen LogP contribution in [0.1, 0.15) is 24.6 Å². The number of nitrogens with zero attached hydrogens (tertiary/aromatic N) is 1. The molecule has 1 heterocycles. The predicted octanol–water partition coefficient (Wildman–Crippen LogP) is 2.59. The van der Waals surface area contributed by atoms with Crippen LogP contribution in [0, 0.1) is 6.42 Å². The smallest absolute Gasteiger partial charge is 0.255 e. The molecule has 1 rings (SSSR count).